The van der Waals surface area contributed by atoms with Gasteiger partial charge in [-0.25, -0.2) is 9.97 Å². The van der Waals surface area contributed by atoms with Gasteiger partial charge in [0.25, 0.3) is 0 Å². The van der Waals surface area contributed by atoms with E-state index in [2.05, 4.69) is 9.97 Å². The second-order valence-corrected chi connectivity index (χ2v) is 4.19. The van der Waals surface area contributed by atoms with Crippen LogP contribution in [0, 0.1) is 6.92 Å². The number of hydrogen-bond donors (Lipinski definition) is 1. The molecule has 104 valence electrons. The molecule has 0 unspecified atom stereocenters. The standard InChI is InChI=1S/C13H20N4O2/c1-10(5-4-6-19-3)17(9-18)8-12-7-15-11(2)16-13(12)14/h5,7,9H,4,6,8H2,1-3H3,(H2,14,15,16). The maximum atomic E-state index is 11.1. The number of aryl methyl sites for hydroxylation is 1. The molecule has 0 aromatic carbocycles. The molecule has 0 saturated heterocycles. The number of nitrogens with two attached hydrogens (primary N) is 1. The molecule has 0 spiro atoms. The average Bonchev–Trinajstić information content (AvgIpc) is 2.38. The molecule has 0 aliphatic rings. The summed E-state index contributed by atoms with van der Waals surface area (Å²) in [5, 5.41) is 0. The molecule has 0 atom stereocenters. The lowest BCUT2D eigenvalue weighted by Gasteiger charge is -2.18. The van der Waals surface area contributed by atoms with Gasteiger partial charge in [0.2, 0.25) is 6.41 Å². The Morgan fingerprint density at radius 3 is 2.89 bits per heavy atom. The minimum Gasteiger partial charge on any atom is -0.384 e. The highest BCUT2D eigenvalue weighted by Crippen LogP contribution is 2.13. The highest BCUT2D eigenvalue weighted by molar-refractivity contribution is 5.52. The molecule has 0 saturated carbocycles. The molecule has 1 rings (SSSR count). The van der Waals surface area contributed by atoms with Crippen molar-refractivity contribution in [2.24, 2.45) is 0 Å². The Morgan fingerprint density at radius 1 is 1.58 bits per heavy atom. The van der Waals surface area contributed by atoms with E-state index in [4.69, 9.17) is 10.5 Å². The van der Waals surface area contributed by atoms with Crippen molar-refractivity contribution in [1.82, 2.24) is 14.9 Å². The van der Waals surface area contributed by atoms with Crippen LogP contribution in [0.4, 0.5) is 5.82 Å². The van der Waals surface area contributed by atoms with Crippen LogP contribution in [0.3, 0.4) is 0 Å². The summed E-state index contributed by atoms with van der Waals surface area (Å²) in [6.45, 7) is 4.63. The number of nitrogens with zero attached hydrogens (tertiary/aromatic N) is 3. The van der Waals surface area contributed by atoms with Gasteiger partial charge in [-0.2, -0.15) is 0 Å². The van der Waals surface area contributed by atoms with Gasteiger partial charge in [0.1, 0.15) is 11.6 Å². The number of ether oxygens (including phenoxy) is 1. The van der Waals surface area contributed by atoms with Crippen LogP contribution in [0.2, 0.25) is 0 Å². The first kappa shape index (κ1) is 15.1. The van der Waals surface area contributed by atoms with Crippen LogP contribution in [0.25, 0.3) is 0 Å². The van der Waals surface area contributed by atoms with E-state index in [1.54, 1.807) is 25.1 Å². The molecule has 1 aromatic rings. The summed E-state index contributed by atoms with van der Waals surface area (Å²) in [5.41, 5.74) is 7.40. The number of carbonyl (C=O) groups excluding carboxylic acids is 1. The highest BCUT2D eigenvalue weighted by atomic mass is 16.5. The fourth-order valence-electron chi connectivity index (χ4n) is 1.57. The summed E-state index contributed by atoms with van der Waals surface area (Å²) in [6.07, 6.45) is 5.13. The zero-order valence-electron chi connectivity index (χ0n) is 11.6. The molecular formula is C13H20N4O2. The molecule has 6 nitrogen and oxygen atoms in total. The van der Waals surface area contributed by atoms with Crippen LogP contribution < -0.4 is 5.73 Å². The van der Waals surface area contributed by atoms with E-state index < -0.39 is 0 Å². The largest absolute Gasteiger partial charge is 0.384 e. The van der Waals surface area contributed by atoms with Crippen LogP contribution in [0.15, 0.2) is 18.0 Å². The maximum absolute atomic E-state index is 11.1. The number of aromatic nitrogens is 2. The Morgan fingerprint density at radius 2 is 2.32 bits per heavy atom. The lowest BCUT2D eigenvalue weighted by molar-refractivity contribution is -0.116. The van der Waals surface area contributed by atoms with Gasteiger partial charge in [0, 0.05) is 31.2 Å². The Bertz CT molecular complexity index is 460. The van der Waals surface area contributed by atoms with Gasteiger partial charge >= 0.3 is 0 Å². The lowest BCUT2D eigenvalue weighted by atomic mass is 10.2. The molecule has 0 aliphatic heterocycles. The minimum absolute atomic E-state index is 0.366. The van der Waals surface area contributed by atoms with Gasteiger partial charge in [-0.1, -0.05) is 6.08 Å². The summed E-state index contributed by atoms with van der Waals surface area (Å²) in [4.78, 5) is 20.9. The summed E-state index contributed by atoms with van der Waals surface area (Å²) in [7, 11) is 1.64. The summed E-state index contributed by atoms with van der Waals surface area (Å²) < 4.78 is 4.96. The van der Waals surface area contributed by atoms with E-state index in [9.17, 15) is 4.79 Å². The van der Waals surface area contributed by atoms with E-state index in [0.717, 1.165) is 24.1 Å². The topological polar surface area (TPSA) is 81.3 Å². The zero-order valence-corrected chi connectivity index (χ0v) is 11.6. The van der Waals surface area contributed by atoms with Crippen molar-refractivity contribution in [2.45, 2.75) is 26.8 Å². The van der Waals surface area contributed by atoms with Gasteiger partial charge in [-0.3, -0.25) is 4.79 Å². The van der Waals surface area contributed by atoms with Crippen molar-refractivity contribution >= 4 is 12.2 Å². The normalized spacial score (nSPS) is 11.4. The van der Waals surface area contributed by atoms with E-state index in [0.29, 0.717) is 24.8 Å². The number of methoxy groups -OCH3 is 1. The second-order valence-electron chi connectivity index (χ2n) is 4.19. The molecular weight excluding hydrogens is 244 g/mol. The number of anilines is 1. The van der Waals surface area contributed by atoms with Gasteiger partial charge in [0.05, 0.1) is 6.54 Å². The van der Waals surface area contributed by atoms with Crippen molar-refractivity contribution in [3.8, 4) is 0 Å². The molecule has 2 N–H and O–H groups in total. The Kier molecular flexibility index (Phi) is 5.95. The molecule has 1 amide bonds. The Labute approximate surface area is 113 Å². The van der Waals surface area contributed by atoms with E-state index in [-0.39, 0.29) is 0 Å². The number of allylic oxidation sites excluding steroid dienone is 1. The minimum atomic E-state index is 0.366. The number of hydrogen-bond acceptors (Lipinski definition) is 5. The fraction of sp³-hybridized carbons (Fsp3) is 0.462. The fourth-order valence-corrected chi connectivity index (χ4v) is 1.57. The summed E-state index contributed by atoms with van der Waals surface area (Å²) in [5.74, 6) is 1.02. The van der Waals surface area contributed by atoms with Crippen molar-refractivity contribution in [1.29, 1.82) is 0 Å². The number of rotatable bonds is 7. The first-order chi connectivity index (χ1) is 9.08. The predicted molar refractivity (Wildman–Crippen MR) is 73.0 cm³/mol. The first-order valence-electron chi connectivity index (χ1n) is 6.04. The molecule has 0 bridgehead atoms. The average molecular weight is 264 g/mol. The van der Waals surface area contributed by atoms with Crippen LogP contribution in [-0.4, -0.2) is 35.0 Å². The van der Waals surface area contributed by atoms with Crippen molar-refractivity contribution < 1.29 is 9.53 Å². The van der Waals surface area contributed by atoms with Gasteiger partial charge in [-0.05, 0) is 20.3 Å². The van der Waals surface area contributed by atoms with E-state index in [1.807, 2.05) is 13.0 Å². The van der Waals surface area contributed by atoms with Crippen molar-refractivity contribution in [2.75, 3.05) is 19.5 Å². The van der Waals surface area contributed by atoms with Crippen LogP contribution in [-0.2, 0) is 16.1 Å². The van der Waals surface area contributed by atoms with Crippen LogP contribution in [0.5, 0.6) is 0 Å². The zero-order chi connectivity index (χ0) is 14.3. The van der Waals surface area contributed by atoms with Crippen molar-refractivity contribution in [3.63, 3.8) is 0 Å². The molecule has 1 aromatic heterocycles. The first-order valence-corrected chi connectivity index (χ1v) is 6.04. The van der Waals surface area contributed by atoms with E-state index in [1.165, 1.54) is 0 Å². The maximum Gasteiger partial charge on any atom is 0.214 e. The third-order valence-corrected chi connectivity index (χ3v) is 2.70. The molecule has 19 heavy (non-hydrogen) atoms. The molecule has 0 aliphatic carbocycles. The molecule has 0 radical (unpaired) electrons. The summed E-state index contributed by atoms with van der Waals surface area (Å²) >= 11 is 0. The van der Waals surface area contributed by atoms with Gasteiger partial charge in [0.15, 0.2) is 0 Å². The van der Waals surface area contributed by atoms with Crippen LogP contribution >= 0.6 is 0 Å². The number of nitrogen functional groups attached to an aromatic ring is 1. The molecule has 1 heterocycles. The lowest BCUT2D eigenvalue weighted by Crippen LogP contribution is -2.20. The van der Waals surface area contributed by atoms with Crippen LogP contribution in [0.1, 0.15) is 24.7 Å². The quantitative estimate of drug-likeness (QED) is 0.592. The Balaban J connectivity index is 2.76. The second kappa shape index (κ2) is 7.48. The van der Waals surface area contributed by atoms with Gasteiger partial charge in [-0.15, -0.1) is 0 Å². The predicted octanol–water partition coefficient (Wildman–Crippen LogP) is 1.27. The smallest absolute Gasteiger partial charge is 0.214 e. The third kappa shape index (κ3) is 4.67. The Hall–Kier alpha value is -1.95. The van der Waals surface area contributed by atoms with Crippen molar-refractivity contribution in [3.05, 3.63) is 29.4 Å². The summed E-state index contributed by atoms with van der Waals surface area (Å²) in [6, 6.07) is 0. The molecule has 6 heteroatoms. The van der Waals surface area contributed by atoms with E-state index >= 15 is 0 Å². The monoisotopic (exact) mass is 264 g/mol. The number of carbonyl (C=O) groups is 1. The SMILES string of the molecule is COCCC=C(C)N(C=O)Cc1cnc(C)nc1N. The third-order valence-electron chi connectivity index (χ3n) is 2.70. The highest BCUT2D eigenvalue weighted by Gasteiger charge is 2.09. The molecule has 0 fully saturated rings. The van der Waals surface area contributed by atoms with Gasteiger partial charge < -0.3 is 15.4 Å². The number of amides is 1.